The van der Waals surface area contributed by atoms with Gasteiger partial charge in [-0.2, -0.15) is 0 Å². The van der Waals surface area contributed by atoms with Crippen molar-refractivity contribution in [1.29, 1.82) is 0 Å². The second-order valence-corrected chi connectivity index (χ2v) is 9.70. The van der Waals surface area contributed by atoms with Crippen LogP contribution in [-0.4, -0.2) is 26.0 Å². The number of hydrogen-bond donors (Lipinski definition) is 0. The van der Waals surface area contributed by atoms with Crippen LogP contribution < -0.4 is 0 Å². The molecule has 0 heterocycles. The van der Waals surface area contributed by atoms with E-state index in [1.807, 2.05) is 60.7 Å². The van der Waals surface area contributed by atoms with Crippen molar-refractivity contribution in [2.45, 2.75) is 43.9 Å². The Labute approximate surface area is 172 Å². The van der Waals surface area contributed by atoms with E-state index in [4.69, 9.17) is 13.8 Å². The predicted molar refractivity (Wildman–Crippen MR) is 113 cm³/mol. The summed E-state index contributed by atoms with van der Waals surface area (Å²) in [6, 6.07) is 19.0. The fourth-order valence-corrected chi connectivity index (χ4v) is 5.68. The van der Waals surface area contributed by atoms with Crippen LogP contribution in [0.15, 0.2) is 60.7 Å². The van der Waals surface area contributed by atoms with E-state index in [0.717, 1.165) is 43.2 Å². The van der Waals surface area contributed by atoms with Crippen LogP contribution in [-0.2, 0) is 23.1 Å². The Balaban J connectivity index is 1.94. The molecule has 3 rings (SSSR count). The summed E-state index contributed by atoms with van der Waals surface area (Å²) >= 11 is 0. The zero-order valence-electron chi connectivity index (χ0n) is 17.0. The summed E-state index contributed by atoms with van der Waals surface area (Å²) in [6.07, 6.45) is 4.87. The van der Waals surface area contributed by atoms with Crippen LogP contribution in [0.1, 0.15) is 49.1 Å². The molecule has 0 spiro atoms. The molecule has 29 heavy (non-hydrogen) atoms. The van der Waals surface area contributed by atoms with E-state index < -0.39 is 25.3 Å². The highest BCUT2D eigenvalue weighted by molar-refractivity contribution is 7.54. The Hall–Kier alpha value is -1.94. The van der Waals surface area contributed by atoms with E-state index in [9.17, 15) is 9.36 Å². The number of ether oxygens (including phenoxy) is 1. The lowest BCUT2D eigenvalue weighted by Crippen LogP contribution is -2.32. The van der Waals surface area contributed by atoms with Gasteiger partial charge < -0.3 is 13.8 Å². The molecule has 0 amide bonds. The van der Waals surface area contributed by atoms with Crippen LogP contribution in [0, 0.1) is 5.92 Å². The van der Waals surface area contributed by atoms with Crippen molar-refractivity contribution >= 4 is 13.6 Å². The van der Waals surface area contributed by atoms with Gasteiger partial charge in [0.25, 0.3) is 0 Å². The van der Waals surface area contributed by atoms with Gasteiger partial charge in [-0.25, -0.2) is 0 Å². The van der Waals surface area contributed by atoms with E-state index in [0.29, 0.717) is 0 Å². The molecule has 0 saturated heterocycles. The van der Waals surface area contributed by atoms with E-state index >= 15 is 0 Å². The fraction of sp³-hybridized carbons (Fsp3) is 0.435. The lowest BCUT2D eigenvalue weighted by molar-refractivity contribution is -0.149. The third-order valence-electron chi connectivity index (χ3n) is 5.61. The van der Waals surface area contributed by atoms with Gasteiger partial charge in [0.2, 0.25) is 5.85 Å². The largest absolute Gasteiger partial charge is 0.448 e. The summed E-state index contributed by atoms with van der Waals surface area (Å²) in [4.78, 5) is 13.4. The predicted octanol–water partition coefficient (Wildman–Crippen LogP) is 5.75. The minimum Gasteiger partial charge on any atom is -0.448 e. The maximum Gasteiger partial charge on any atom is 0.370 e. The van der Waals surface area contributed by atoms with Crippen molar-refractivity contribution in [3.63, 3.8) is 0 Å². The van der Waals surface area contributed by atoms with Gasteiger partial charge in [-0.05, 0) is 24.0 Å². The average molecular weight is 416 g/mol. The highest BCUT2D eigenvalue weighted by atomic mass is 31.2. The van der Waals surface area contributed by atoms with Crippen molar-refractivity contribution in [3.05, 3.63) is 71.8 Å². The lowest BCUT2D eigenvalue weighted by Gasteiger charge is -2.34. The standard InChI is InChI=1S/C23H29O5P/c1-26-29(25,27-2)23(20-16-10-5-11-17-20)28-22(24)21(18-12-6-3-7-13-18)19-14-8-4-9-15-19/h3-4,6-9,12-15,20-21,23H,5,10-11,16-17H2,1-2H3/t23-/m1/s1. The molecular formula is C23H29O5P. The molecule has 1 atom stereocenters. The van der Waals surface area contributed by atoms with Crippen LogP contribution in [0.4, 0.5) is 0 Å². The number of benzene rings is 2. The number of esters is 1. The number of carbonyl (C=O) groups is 1. The summed E-state index contributed by atoms with van der Waals surface area (Å²) in [5, 5.41) is 0. The Morgan fingerprint density at radius 3 is 1.79 bits per heavy atom. The molecule has 0 aromatic heterocycles. The first-order valence-electron chi connectivity index (χ1n) is 10.1. The summed E-state index contributed by atoms with van der Waals surface area (Å²) < 4.78 is 29.7. The molecule has 5 nitrogen and oxygen atoms in total. The van der Waals surface area contributed by atoms with Gasteiger partial charge in [0.1, 0.15) is 5.92 Å². The molecule has 1 saturated carbocycles. The molecule has 0 aliphatic heterocycles. The van der Waals surface area contributed by atoms with Crippen LogP contribution in [0.25, 0.3) is 0 Å². The highest BCUT2D eigenvalue weighted by Crippen LogP contribution is 2.57. The van der Waals surface area contributed by atoms with Crippen LogP contribution in [0.5, 0.6) is 0 Å². The van der Waals surface area contributed by atoms with E-state index in [-0.39, 0.29) is 5.92 Å². The average Bonchev–Trinajstić information content (AvgIpc) is 2.79. The highest BCUT2D eigenvalue weighted by Gasteiger charge is 2.44. The first-order chi connectivity index (χ1) is 14.1. The normalized spacial score (nSPS) is 16.5. The lowest BCUT2D eigenvalue weighted by atomic mass is 9.89. The van der Waals surface area contributed by atoms with Gasteiger partial charge in [0, 0.05) is 20.1 Å². The van der Waals surface area contributed by atoms with Gasteiger partial charge in [-0.3, -0.25) is 9.36 Å². The number of rotatable bonds is 8. The summed E-state index contributed by atoms with van der Waals surface area (Å²) in [5.74, 6) is -1.98. The Morgan fingerprint density at radius 2 is 1.34 bits per heavy atom. The van der Waals surface area contributed by atoms with Gasteiger partial charge in [-0.1, -0.05) is 79.9 Å². The van der Waals surface area contributed by atoms with Gasteiger partial charge in [-0.15, -0.1) is 0 Å². The van der Waals surface area contributed by atoms with Crippen molar-refractivity contribution in [3.8, 4) is 0 Å². The topological polar surface area (TPSA) is 61.8 Å². The SMILES string of the molecule is COP(=O)(OC)[C@@H](OC(=O)C(c1ccccc1)c1ccccc1)C1CCCCC1. The van der Waals surface area contributed by atoms with Crippen LogP contribution in [0.3, 0.4) is 0 Å². The second kappa shape index (κ2) is 10.2. The minimum atomic E-state index is -3.58. The van der Waals surface area contributed by atoms with Crippen LogP contribution >= 0.6 is 7.60 Å². The van der Waals surface area contributed by atoms with Gasteiger partial charge >= 0.3 is 13.6 Å². The minimum absolute atomic E-state index is 0.0365. The zero-order chi connectivity index (χ0) is 20.7. The maximum atomic E-state index is 13.4. The van der Waals surface area contributed by atoms with Gasteiger partial charge in [0.15, 0.2) is 0 Å². The quantitative estimate of drug-likeness (QED) is 0.405. The van der Waals surface area contributed by atoms with Crippen molar-refractivity contribution in [1.82, 2.24) is 0 Å². The molecule has 0 bridgehead atoms. The Bertz CT molecular complexity index is 770. The molecule has 2 aromatic rings. The molecule has 0 radical (unpaired) electrons. The monoisotopic (exact) mass is 416 g/mol. The Kier molecular flexibility index (Phi) is 7.65. The molecule has 6 heteroatoms. The third-order valence-corrected chi connectivity index (χ3v) is 7.78. The summed E-state index contributed by atoms with van der Waals surface area (Å²) in [5.41, 5.74) is 1.66. The smallest absolute Gasteiger partial charge is 0.370 e. The fourth-order valence-electron chi connectivity index (χ4n) is 4.06. The van der Waals surface area contributed by atoms with E-state index in [1.54, 1.807) is 0 Å². The molecule has 0 N–H and O–H groups in total. The molecule has 1 aliphatic carbocycles. The molecular weight excluding hydrogens is 387 g/mol. The molecule has 156 valence electrons. The number of carbonyl (C=O) groups excluding carboxylic acids is 1. The van der Waals surface area contributed by atoms with E-state index in [1.165, 1.54) is 14.2 Å². The molecule has 2 aromatic carbocycles. The molecule has 1 fully saturated rings. The second-order valence-electron chi connectivity index (χ2n) is 7.38. The molecule has 0 unspecified atom stereocenters. The van der Waals surface area contributed by atoms with Gasteiger partial charge in [0.05, 0.1) is 0 Å². The van der Waals surface area contributed by atoms with Crippen LogP contribution in [0.2, 0.25) is 0 Å². The zero-order valence-corrected chi connectivity index (χ0v) is 17.9. The third kappa shape index (κ3) is 5.16. The maximum absolute atomic E-state index is 13.4. The molecule has 1 aliphatic rings. The Morgan fingerprint density at radius 1 is 0.862 bits per heavy atom. The van der Waals surface area contributed by atoms with E-state index in [2.05, 4.69) is 0 Å². The first kappa shape index (κ1) is 21.8. The summed E-state index contributed by atoms with van der Waals surface area (Å²) in [6.45, 7) is 0. The summed E-state index contributed by atoms with van der Waals surface area (Å²) in [7, 11) is -0.885. The van der Waals surface area contributed by atoms with Crippen molar-refractivity contribution in [2.75, 3.05) is 14.2 Å². The van der Waals surface area contributed by atoms with Crippen molar-refractivity contribution < 1.29 is 23.1 Å². The number of hydrogen-bond acceptors (Lipinski definition) is 5. The first-order valence-corrected chi connectivity index (χ1v) is 11.7. The van der Waals surface area contributed by atoms with Crippen molar-refractivity contribution in [2.24, 2.45) is 5.92 Å².